The lowest BCUT2D eigenvalue weighted by Crippen LogP contribution is -2.20. The van der Waals surface area contributed by atoms with Gasteiger partial charge in [-0.1, -0.05) is 11.6 Å². The summed E-state index contributed by atoms with van der Waals surface area (Å²) in [5.41, 5.74) is 5.77. The molecule has 96 valence electrons. The Balaban J connectivity index is 2.46. The first-order valence-electron chi connectivity index (χ1n) is 4.94. The summed E-state index contributed by atoms with van der Waals surface area (Å²) in [4.78, 5) is 11.7. The second-order valence-electron chi connectivity index (χ2n) is 3.86. The Morgan fingerprint density at radius 1 is 1.44 bits per heavy atom. The normalized spacial score (nSPS) is 16.0. The highest BCUT2D eigenvalue weighted by molar-refractivity contribution is 7.90. The molecular formula is C10H10ClN3O3S. The molecule has 1 aromatic carbocycles. The standard InChI is InChI=1S/C10H10ClN3O3S/c1-18(16,17)6-2-3-8(7(11)4-6)14-10(15)5-9(12)13-14/h2-4H,5H2,1H3,(H2,12,13). The molecular weight excluding hydrogens is 278 g/mol. The van der Waals surface area contributed by atoms with Gasteiger partial charge in [-0.25, -0.2) is 8.42 Å². The molecule has 0 saturated heterocycles. The van der Waals surface area contributed by atoms with Crippen molar-refractivity contribution in [1.29, 1.82) is 0 Å². The van der Waals surface area contributed by atoms with Crippen LogP contribution in [0.5, 0.6) is 0 Å². The predicted octanol–water partition coefficient (Wildman–Crippen LogP) is 0.752. The highest BCUT2D eigenvalue weighted by atomic mass is 35.5. The monoisotopic (exact) mass is 287 g/mol. The molecule has 0 unspecified atom stereocenters. The summed E-state index contributed by atoms with van der Waals surface area (Å²) in [7, 11) is -3.34. The Kier molecular flexibility index (Phi) is 3.04. The van der Waals surface area contributed by atoms with Crippen LogP contribution >= 0.6 is 11.6 Å². The molecule has 8 heteroatoms. The fourth-order valence-electron chi connectivity index (χ4n) is 1.53. The molecule has 0 spiro atoms. The first kappa shape index (κ1) is 12.8. The van der Waals surface area contributed by atoms with E-state index in [4.69, 9.17) is 17.3 Å². The molecule has 1 amide bonds. The Labute approximate surface area is 109 Å². The fourth-order valence-corrected chi connectivity index (χ4v) is 2.50. The van der Waals surface area contributed by atoms with E-state index in [2.05, 4.69) is 5.10 Å². The van der Waals surface area contributed by atoms with Crippen molar-refractivity contribution in [2.75, 3.05) is 11.3 Å². The van der Waals surface area contributed by atoms with Gasteiger partial charge in [-0.2, -0.15) is 10.1 Å². The summed E-state index contributed by atoms with van der Waals surface area (Å²) in [5.74, 6) is -0.107. The SMILES string of the molecule is CS(=O)(=O)c1ccc(N2N=C(N)CC2=O)c(Cl)c1. The number of amides is 1. The van der Waals surface area contributed by atoms with Crippen LogP contribution < -0.4 is 10.7 Å². The number of halogens is 1. The minimum absolute atomic E-state index is 0.0319. The molecule has 0 atom stereocenters. The maximum absolute atomic E-state index is 11.6. The van der Waals surface area contributed by atoms with E-state index < -0.39 is 9.84 Å². The number of anilines is 1. The Morgan fingerprint density at radius 3 is 2.56 bits per heavy atom. The van der Waals surface area contributed by atoms with Crippen LogP contribution in [0.15, 0.2) is 28.2 Å². The highest BCUT2D eigenvalue weighted by Gasteiger charge is 2.25. The number of hydrazone groups is 1. The zero-order chi connectivity index (χ0) is 13.5. The van der Waals surface area contributed by atoms with Gasteiger partial charge in [-0.15, -0.1) is 0 Å². The van der Waals surface area contributed by atoms with Crippen LogP contribution in [0.3, 0.4) is 0 Å². The molecule has 0 aliphatic carbocycles. The molecule has 0 aromatic heterocycles. The lowest BCUT2D eigenvalue weighted by Gasteiger charge is -2.13. The number of carbonyl (C=O) groups is 1. The number of nitrogens with zero attached hydrogens (tertiary/aromatic N) is 2. The van der Waals surface area contributed by atoms with Gasteiger partial charge in [0.15, 0.2) is 9.84 Å². The van der Waals surface area contributed by atoms with Crippen molar-refractivity contribution >= 4 is 38.9 Å². The third-order valence-electron chi connectivity index (χ3n) is 2.37. The molecule has 0 radical (unpaired) electrons. The minimum atomic E-state index is -3.34. The molecule has 0 bridgehead atoms. The molecule has 1 heterocycles. The third-order valence-corrected chi connectivity index (χ3v) is 3.79. The van der Waals surface area contributed by atoms with Gasteiger partial charge < -0.3 is 5.73 Å². The lowest BCUT2D eigenvalue weighted by atomic mass is 10.3. The number of sulfone groups is 1. The average Bonchev–Trinajstić information content (AvgIpc) is 2.56. The van der Waals surface area contributed by atoms with Gasteiger partial charge in [0.05, 0.1) is 22.0 Å². The average molecular weight is 288 g/mol. The summed E-state index contributed by atoms with van der Waals surface area (Å²) in [6.07, 6.45) is 1.11. The molecule has 1 aliphatic rings. The van der Waals surface area contributed by atoms with E-state index in [-0.39, 0.29) is 28.1 Å². The topological polar surface area (TPSA) is 92.8 Å². The molecule has 0 fully saturated rings. The summed E-state index contributed by atoms with van der Waals surface area (Å²) < 4.78 is 22.7. The predicted molar refractivity (Wildman–Crippen MR) is 68.3 cm³/mol. The van der Waals surface area contributed by atoms with Gasteiger partial charge in [-0.05, 0) is 18.2 Å². The van der Waals surface area contributed by atoms with Crippen molar-refractivity contribution < 1.29 is 13.2 Å². The van der Waals surface area contributed by atoms with Crippen LogP contribution in [0.1, 0.15) is 6.42 Å². The van der Waals surface area contributed by atoms with Crippen LogP contribution in [-0.2, 0) is 14.6 Å². The summed E-state index contributed by atoms with van der Waals surface area (Å²) in [6, 6.07) is 4.08. The van der Waals surface area contributed by atoms with Crippen molar-refractivity contribution in [3.8, 4) is 0 Å². The first-order chi connectivity index (χ1) is 8.29. The van der Waals surface area contributed by atoms with Crippen LogP contribution in [-0.4, -0.2) is 26.4 Å². The van der Waals surface area contributed by atoms with Crippen LogP contribution in [0.2, 0.25) is 5.02 Å². The van der Waals surface area contributed by atoms with E-state index in [1.807, 2.05) is 0 Å². The third kappa shape index (κ3) is 2.32. The lowest BCUT2D eigenvalue weighted by molar-refractivity contribution is -0.116. The number of amidine groups is 1. The molecule has 18 heavy (non-hydrogen) atoms. The second-order valence-corrected chi connectivity index (χ2v) is 6.28. The van der Waals surface area contributed by atoms with Gasteiger partial charge in [0.25, 0.3) is 5.91 Å². The Morgan fingerprint density at radius 2 is 2.11 bits per heavy atom. The summed E-state index contributed by atoms with van der Waals surface area (Å²) >= 11 is 5.96. The van der Waals surface area contributed by atoms with E-state index >= 15 is 0 Å². The summed E-state index contributed by atoms with van der Waals surface area (Å²) in [6.45, 7) is 0. The van der Waals surface area contributed by atoms with Crippen molar-refractivity contribution in [2.24, 2.45) is 10.8 Å². The molecule has 6 nitrogen and oxygen atoms in total. The smallest absolute Gasteiger partial charge is 0.255 e. The van der Waals surface area contributed by atoms with E-state index in [1.165, 1.54) is 18.2 Å². The number of hydrogen-bond donors (Lipinski definition) is 1. The van der Waals surface area contributed by atoms with Crippen molar-refractivity contribution in [3.05, 3.63) is 23.2 Å². The molecule has 1 aromatic rings. The maximum Gasteiger partial charge on any atom is 0.255 e. The highest BCUT2D eigenvalue weighted by Crippen LogP contribution is 2.30. The number of hydrogen-bond acceptors (Lipinski definition) is 5. The van der Waals surface area contributed by atoms with Crippen molar-refractivity contribution in [2.45, 2.75) is 11.3 Å². The zero-order valence-electron chi connectivity index (χ0n) is 9.42. The molecule has 1 aliphatic heterocycles. The number of carbonyl (C=O) groups excluding carboxylic acids is 1. The van der Waals surface area contributed by atoms with Crippen molar-refractivity contribution in [1.82, 2.24) is 0 Å². The largest absolute Gasteiger partial charge is 0.385 e. The molecule has 2 N–H and O–H groups in total. The van der Waals surface area contributed by atoms with Gasteiger partial charge in [0.1, 0.15) is 5.84 Å². The minimum Gasteiger partial charge on any atom is -0.385 e. The Hall–Kier alpha value is -1.60. The van der Waals surface area contributed by atoms with Crippen LogP contribution in [0.25, 0.3) is 0 Å². The van der Waals surface area contributed by atoms with E-state index in [0.29, 0.717) is 5.69 Å². The van der Waals surface area contributed by atoms with Gasteiger partial charge in [0, 0.05) is 6.26 Å². The molecule has 0 saturated carbocycles. The van der Waals surface area contributed by atoms with Crippen LogP contribution in [0, 0.1) is 0 Å². The van der Waals surface area contributed by atoms with Gasteiger partial charge in [-0.3, -0.25) is 4.79 Å². The summed E-state index contributed by atoms with van der Waals surface area (Å²) in [5, 5.41) is 5.04. The quantitative estimate of drug-likeness (QED) is 0.869. The van der Waals surface area contributed by atoms with Crippen LogP contribution in [0.4, 0.5) is 5.69 Å². The second kappa shape index (κ2) is 4.25. The Bertz CT molecular complexity index is 654. The number of rotatable bonds is 2. The van der Waals surface area contributed by atoms with E-state index in [1.54, 1.807) is 0 Å². The maximum atomic E-state index is 11.6. The number of nitrogens with two attached hydrogens (primary N) is 1. The van der Waals surface area contributed by atoms with Gasteiger partial charge >= 0.3 is 0 Å². The molecule has 2 rings (SSSR count). The zero-order valence-corrected chi connectivity index (χ0v) is 11.0. The van der Waals surface area contributed by atoms with Crippen molar-refractivity contribution in [3.63, 3.8) is 0 Å². The van der Waals surface area contributed by atoms with E-state index in [9.17, 15) is 13.2 Å². The number of benzene rings is 1. The first-order valence-corrected chi connectivity index (χ1v) is 7.21. The fraction of sp³-hybridized carbons (Fsp3) is 0.200. The van der Waals surface area contributed by atoms with Gasteiger partial charge in [0.2, 0.25) is 0 Å². The van der Waals surface area contributed by atoms with E-state index in [0.717, 1.165) is 11.3 Å².